The second-order valence-corrected chi connectivity index (χ2v) is 2.86. The van der Waals surface area contributed by atoms with Crippen molar-refractivity contribution in [3.8, 4) is 5.69 Å². The van der Waals surface area contributed by atoms with E-state index < -0.39 is 11.6 Å². The van der Waals surface area contributed by atoms with Crippen LogP contribution >= 0.6 is 0 Å². The lowest BCUT2D eigenvalue weighted by atomic mass is 10.3. The van der Waals surface area contributed by atoms with Gasteiger partial charge >= 0.3 is 0 Å². The summed E-state index contributed by atoms with van der Waals surface area (Å²) in [6, 6.07) is 3.20. The third-order valence-corrected chi connectivity index (χ3v) is 1.72. The Kier molecular flexibility index (Phi) is 1.99. The molecule has 0 saturated carbocycles. The number of hydrogen-bond donors (Lipinski definition) is 0. The van der Waals surface area contributed by atoms with Crippen LogP contribution in [0, 0.1) is 18.6 Å². The summed E-state index contributed by atoms with van der Waals surface area (Å²) in [5.41, 5.74) is 0.322. The topological polar surface area (TPSA) is 30.7 Å². The van der Waals surface area contributed by atoms with Crippen LogP contribution in [0.1, 0.15) is 5.82 Å². The molecule has 0 amide bonds. The van der Waals surface area contributed by atoms with Crippen LogP contribution in [0.15, 0.2) is 24.5 Å². The molecule has 2 rings (SSSR count). The molecule has 1 aromatic carbocycles. The average molecular weight is 195 g/mol. The summed E-state index contributed by atoms with van der Waals surface area (Å²) in [6.45, 7) is 1.70. The molecule has 5 heteroatoms. The Bertz CT molecular complexity index is 445. The quantitative estimate of drug-likeness (QED) is 0.695. The zero-order valence-corrected chi connectivity index (χ0v) is 7.41. The van der Waals surface area contributed by atoms with Crippen LogP contribution in [-0.2, 0) is 0 Å². The molecule has 0 fully saturated rings. The maximum Gasteiger partial charge on any atom is 0.147 e. The average Bonchev–Trinajstić information content (AvgIpc) is 2.50. The standard InChI is InChI=1S/C9H7F2N3/c1-6-12-5-14(13-6)9-3-7(10)2-8(11)4-9/h2-5H,1H3. The van der Waals surface area contributed by atoms with Crippen LogP contribution in [0.2, 0.25) is 0 Å². The van der Waals surface area contributed by atoms with Gasteiger partial charge in [-0.15, -0.1) is 0 Å². The Morgan fingerprint density at radius 1 is 1.14 bits per heavy atom. The van der Waals surface area contributed by atoms with E-state index in [9.17, 15) is 8.78 Å². The molecule has 0 atom stereocenters. The number of nitrogens with zero attached hydrogens (tertiary/aromatic N) is 3. The van der Waals surface area contributed by atoms with Crippen molar-refractivity contribution in [2.24, 2.45) is 0 Å². The number of halogens is 2. The normalized spacial score (nSPS) is 10.5. The fourth-order valence-electron chi connectivity index (χ4n) is 1.14. The van der Waals surface area contributed by atoms with Crippen LogP contribution < -0.4 is 0 Å². The molecule has 0 aliphatic rings. The Morgan fingerprint density at radius 2 is 1.79 bits per heavy atom. The smallest absolute Gasteiger partial charge is 0.147 e. The van der Waals surface area contributed by atoms with E-state index >= 15 is 0 Å². The van der Waals surface area contributed by atoms with Gasteiger partial charge in [-0.1, -0.05) is 0 Å². The van der Waals surface area contributed by atoms with Crippen molar-refractivity contribution < 1.29 is 8.78 Å². The van der Waals surface area contributed by atoms with Crippen LogP contribution in [-0.4, -0.2) is 14.8 Å². The Labute approximate surface area is 79.0 Å². The zero-order valence-electron chi connectivity index (χ0n) is 7.41. The fraction of sp³-hybridized carbons (Fsp3) is 0.111. The number of hydrogen-bond acceptors (Lipinski definition) is 2. The van der Waals surface area contributed by atoms with Gasteiger partial charge in [0.15, 0.2) is 0 Å². The molecule has 0 N–H and O–H groups in total. The van der Waals surface area contributed by atoms with Gasteiger partial charge < -0.3 is 0 Å². The number of rotatable bonds is 1. The minimum Gasteiger partial charge on any atom is -0.221 e. The summed E-state index contributed by atoms with van der Waals surface area (Å²) in [7, 11) is 0. The van der Waals surface area contributed by atoms with Gasteiger partial charge in [-0.3, -0.25) is 0 Å². The molecule has 14 heavy (non-hydrogen) atoms. The van der Waals surface area contributed by atoms with Gasteiger partial charge in [0.25, 0.3) is 0 Å². The van der Waals surface area contributed by atoms with Gasteiger partial charge in [0.2, 0.25) is 0 Å². The highest BCUT2D eigenvalue weighted by Crippen LogP contribution is 2.11. The lowest BCUT2D eigenvalue weighted by molar-refractivity contribution is 0.580. The van der Waals surface area contributed by atoms with E-state index in [1.807, 2.05) is 0 Å². The van der Waals surface area contributed by atoms with E-state index in [1.165, 1.54) is 23.1 Å². The maximum absolute atomic E-state index is 12.8. The molecule has 0 unspecified atom stereocenters. The molecule has 0 saturated heterocycles. The SMILES string of the molecule is Cc1ncn(-c2cc(F)cc(F)c2)n1. The summed E-state index contributed by atoms with van der Waals surface area (Å²) in [4.78, 5) is 3.86. The van der Waals surface area contributed by atoms with Gasteiger partial charge in [0.05, 0.1) is 5.69 Å². The number of aromatic nitrogens is 3. The van der Waals surface area contributed by atoms with E-state index in [-0.39, 0.29) is 0 Å². The highest BCUT2D eigenvalue weighted by Gasteiger charge is 2.03. The molecule has 0 aliphatic heterocycles. The third kappa shape index (κ3) is 1.61. The molecule has 0 radical (unpaired) electrons. The van der Waals surface area contributed by atoms with E-state index in [2.05, 4.69) is 10.1 Å². The predicted molar refractivity (Wildman–Crippen MR) is 46.0 cm³/mol. The Hall–Kier alpha value is -1.78. The summed E-state index contributed by atoms with van der Waals surface area (Å²) in [5, 5.41) is 3.94. The molecule has 1 heterocycles. The van der Waals surface area contributed by atoms with Gasteiger partial charge in [0, 0.05) is 6.07 Å². The zero-order chi connectivity index (χ0) is 10.1. The molecule has 72 valence electrons. The maximum atomic E-state index is 12.8. The second-order valence-electron chi connectivity index (χ2n) is 2.86. The molecule has 1 aromatic heterocycles. The fourth-order valence-corrected chi connectivity index (χ4v) is 1.14. The van der Waals surface area contributed by atoms with Crippen LogP contribution in [0.3, 0.4) is 0 Å². The van der Waals surface area contributed by atoms with Crippen molar-refractivity contribution in [2.75, 3.05) is 0 Å². The Morgan fingerprint density at radius 3 is 2.29 bits per heavy atom. The van der Waals surface area contributed by atoms with Crippen molar-refractivity contribution in [3.63, 3.8) is 0 Å². The second kappa shape index (κ2) is 3.17. The van der Waals surface area contributed by atoms with Crippen molar-refractivity contribution in [3.05, 3.63) is 42.0 Å². The Balaban J connectivity index is 2.51. The van der Waals surface area contributed by atoms with E-state index in [0.29, 0.717) is 11.5 Å². The molecular weight excluding hydrogens is 188 g/mol. The third-order valence-electron chi connectivity index (χ3n) is 1.72. The highest BCUT2D eigenvalue weighted by molar-refractivity contribution is 5.31. The molecule has 2 aromatic rings. The van der Waals surface area contributed by atoms with Crippen molar-refractivity contribution in [1.82, 2.24) is 14.8 Å². The minimum atomic E-state index is -0.631. The van der Waals surface area contributed by atoms with Gasteiger partial charge in [-0.05, 0) is 19.1 Å². The van der Waals surface area contributed by atoms with Crippen LogP contribution in [0.25, 0.3) is 5.69 Å². The predicted octanol–water partition coefficient (Wildman–Crippen LogP) is 1.85. The van der Waals surface area contributed by atoms with Crippen molar-refractivity contribution in [2.45, 2.75) is 6.92 Å². The van der Waals surface area contributed by atoms with Gasteiger partial charge in [-0.25, -0.2) is 18.4 Å². The van der Waals surface area contributed by atoms with E-state index in [4.69, 9.17) is 0 Å². The van der Waals surface area contributed by atoms with E-state index in [0.717, 1.165) is 6.07 Å². The monoisotopic (exact) mass is 195 g/mol. The first-order valence-electron chi connectivity index (χ1n) is 4.00. The molecule has 0 spiro atoms. The first-order valence-corrected chi connectivity index (χ1v) is 4.00. The largest absolute Gasteiger partial charge is 0.221 e. The molecule has 0 aliphatic carbocycles. The van der Waals surface area contributed by atoms with E-state index in [1.54, 1.807) is 6.92 Å². The molecular formula is C9H7F2N3. The number of aryl methyl sites for hydroxylation is 1. The number of benzene rings is 1. The highest BCUT2D eigenvalue weighted by atomic mass is 19.1. The van der Waals surface area contributed by atoms with Gasteiger partial charge in [0.1, 0.15) is 23.8 Å². The first-order chi connectivity index (χ1) is 6.65. The lowest BCUT2D eigenvalue weighted by Gasteiger charge is -2.00. The summed E-state index contributed by atoms with van der Waals surface area (Å²) >= 11 is 0. The van der Waals surface area contributed by atoms with Crippen molar-refractivity contribution >= 4 is 0 Å². The lowest BCUT2D eigenvalue weighted by Crippen LogP contribution is -1.96. The molecule has 3 nitrogen and oxygen atoms in total. The van der Waals surface area contributed by atoms with Crippen molar-refractivity contribution in [1.29, 1.82) is 0 Å². The summed E-state index contributed by atoms with van der Waals surface area (Å²) < 4.78 is 27.0. The van der Waals surface area contributed by atoms with Crippen LogP contribution in [0.5, 0.6) is 0 Å². The minimum absolute atomic E-state index is 0.322. The first kappa shape index (κ1) is 8.80. The summed E-state index contributed by atoms with van der Waals surface area (Å²) in [6.07, 6.45) is 1.41. The van der Waals surface area contributed by atoms with Crippen LogP contribution in [0.4, 0.5) is 8.78 Å². The van der Waals surface area contributed by atoms with Gasteiger partial charge in [-0.2, -0.15) is 5.10 Å². The summed E-state index contributed by atoms with van der Waals surface area (Å²) in [5.74, 6) is -0.712. The molecule has 0 bridgehead atoms.